The standard InChI is InChI=1S/C55H67N7O9/c1-6-62(7-2)45-20-23-50(48(38-45)51-37-43(24-25-56-51)54(66)58-49-17-11-13-40-12-8-9-16-47(40)49)59-53(65)42-14-10-15-44(36-42)55(67)61(5)28-27-60(4)29-31-69-33-35-70-34-32-68-30-26-57-52(64)41-18-21-46(22-19-41)71-39(3)63/h8-10,12,14-16,18-25,36-38,49H,6-7,11,13,17,26-35H2,1-5H3,(H,57,64)(H,58,66)(H,59,65)/t49-/m0/s1. The Balaban J connectivity index is 0.922. The van der Waals surface area contributed by atoms with Gasteiger partial charge in [-0.15, -0.1) is 0 Å². The van der Waals surface area contributed by atoms with Crippen LogP contribution in [0.5, 0.6) is 5.75 Å². The molecule has 6 rings (SSSR count). The fourth-order valence-electron chi connectivity index (χ4n) is 8.19. The van der Waals surface area contributed by atoms with E-state index in [1.165, 1.54) is 12.5 Å². The number of anilines is 2. The van der Waals surface area contributed by atoms with Crippen LogP contribution in [-0.2, 0) is 25.4 Å². The van der Waals surface area contributed by atoms with E-state index in [2.05, 4.69) is 56.7 Å². The van der Waals surface area contributed by atoms with Crippen LogP contribution in [0.3, 0.4) is 0 Å². The van der Waals surface area contributed by atoms with Crippen molar-refractivity contribution in [2.75, 3.05) is 103 Å². The molecule has 71 heavy (non-hydrogen) atoms. The Hall–Kier alpha value is -6.98. The third-order valence-corrected chi connectivity index (χ3v) is 12.2. The fourth-order valence-corrected chi connectivity index (χ4v) is 8.19. The summed E-state index contributed by atoms with van der Waals surface area (Å²) in [5.41, 5.74) is 6.76. The van der Waals surface area contributed by atoms with Gasteiger partial charge >= 0.3 is 5.97 Å². The molecule has 1 aliphatic carbocycles. The van der Waals surface area contributed by atoms with Crippen molar-refractivity contribution in [3.05, 3.63) is 143 Å². The monoisotopic (exact) mass is 970 g/mol. The summed E-state index contributed by atoms with van der Waals surface area (Å²) in [4.78, 5) is 75.2. The molecular formula is C55H67N7O9. The summed E-state index contributed by atoms with van der Waals surface area (Å²) >= 11 is 0. The first-order valence-electron chi connectivity index (χ1n) is 24.3. The SMILES string of the molecule is CCN(CC)c1ccc(NC(=O)c2cccc(C(=O)N(C)CCN(C)CCOCCOCCOCCNC(=O)c3ccc(OC(C)=O)cc3)c2)c(-c2cc(C(=O)N[C@H]3CCCc4ccccc43)ccn2)c1. The van der Waals surface area contributed by atoms with Crippen molar-refractivity contribution < 1.29 is 42.9 Å². The molecule has 0 saturated heterocycles. The number of carbonyl (C=O) groups is 5. The van der Waals surface area contributed by atoms with E-state index in [4.69, 9.17) is 18.9 Å². The first-order chi connectivity index (χ1) is 34.4. The van der Waals surface area contributed by atoms with Crippen LogP contribution in [0.25, 0.3) is 11.3 Å². The molecule has 3 N–H and O–H groups in total. The number of nitrogens with zero attached hydrogens (tertiary/aromatic N) is 4. The highest BCUT2D eigenvalue weighted by Crippen LogP contribution is 2.33. The van der Waals surface area contributed by atoms with Crippen LogP contribution in [0.4, 0.5) is 11.4 Å². The molecule has 0 spiro atoms. The van der Waals surface area contributed by atoms with Gasteiger partial charge in [0, 0.05) is 92.9 Å². The first-order valence-corrected chi connectivity index (χ1v) is 24.3. The highest BCUT2D eigenvalue weighted by Gasteiger charge is 2.23. The molecule has 4 amide bonds. The quantitative estimate of drug-likeness (QED) is 0.0292. The molecule has 5 aromatic rings. The van der Waals surface area contributed by atoms with E-state index in [0.717, 1.165) is 43.6 Å². The van der Waals surface area contributed by atoms with Gasteiger partial charge in [-0.05, 0) is 124 Å². The lowest BCUT2D eigenvalue weighted by molar-refractivity contribution is -0.131. The molecule has 0 saturated carbocycles. The van der Waals surface area contributed by atoms with Gasteiger partial charge in [-0.25, -0.2) is 0 Å². The number of ether oxygens (including phenoxy) is 4. The van der Waals surface area contributed by atoms with Crippen LogP contribution in [-0.4, -0.2) is 137 Å². The zero-order chi connectivity index (χ0) is 50.5. The van der Waals surface area contributed by atoms with Crippen molar-refractivity contribution in [3.63, 3.8) is 0 Å². The summed E-state index contributed by atoms with van der Waals surface area (Å²) in [6.45, 7) is 11.5. The summed E-state index contributed by atoms with van der Waals surface area (Å²) in [6.07, 6.45) is 4.50. The molecule has 0 aliphatic heterocycles. The number of nitrogens with one attached hydrogen (secondary N) is 3. The lowest BCUT2D eigenvalue weighted by Gasteiger charge is -2.26. The van der Waals surface area contributed by atoms with E-state index in [1.807, 2.05) is 37.4 Å². The number of likely N-dealkylation sites (N-methyl/N-ethyl adjacent to an activating group) is 2. The zero-order valence-electron chi connectivity index (χ0n) is 41.5. The van der Waals surface area contributed by atoms with Crippen molar-refractivity contribution in [2.45, 2.75) is 46.1 Å². The summed E-state index contributed by atoms with van der Waals surface area (Å²) < 4.78 is 21.8. The summed E-state index contributed by atoms with van der Waals surface area (Å²) in [5, 5.41) is 9.10. The number of aryl methyl sites for hydroxylation is 1. The number of rotatable bonds is 26. The Morgan fingerprint density at radius 2 is 1.38 bits per heavy atom. The molecule has 1 heterocycles. The van der Waals surface area contributed by atoms with Crippen LogP contribution in [0.15, 0.2) is 109 Å². The molecule has 4 aromatic carbocycles. The Bertz CT molecular complexity index is 2570. The maximum Gasteiger partial charge on any atom is 0.308 e. The summed E-state index contributed by atoms with van der Waals surface area (Å²) in [6, 6.07) is 30.5. The minimum Gasteiger partial charge on any atom is -0.427 e. The number of benzene rings is 4. The van der Waals surface area contributed by atoms with Crippen LogP contribution >= 0.6 is 0 Å². The van der Waals surface area contributed by atoms with Gasteiger partial charge in [0.05, 0.1) is 57.1 Å². The Labute approximate surface area is 417 Å². The maximum atomic E-state index is 13.9. The average molecular weight is 970 g/mol. The van der Waals surface area contributed by atoms with Gasteiger partial charge in [-0.1, -0.05) is 30.3 Å². The third kappa shape index (κ3) is 16.0. The van der Waals surface area contributed by atoms with Gasteiger partial charge < -0.3 is 49.6 Å². The Morgan fingerprint density at radius 1 is 0.676 bits per heavy atom. The molecule has 16 heteroatoms. The lowest BCUT2D eigenvalue weighted by atomic mass is 9.87. The summed E-state index contributed by atoms with van der Waals surface area (Å²) in [5.74, 6) is -1.08. The lowest BCUT2D eigenvalue weighted by Crippen LogP contribution is -2.36. The second-order valence-corrected chi connectivity index (χ2v) is 17.2. The molecule has 1 aliphatic rings. The predicted octanol–water partition coefficient (Wildman–Crippen LogP) is 7.06. The van der Waals surface area contributed by atoms with Crippen molar-refractivity contribution in [3.8, 4) is 17.0 Å². The number of carbonyl (C=O) groups excluding carboxylic acids is 5. The molecule has 0 unspecified atom stereocenters. The predicted molar refractivity (Wildman–Crippen MR) is 274 cm³/mol. The minimum atomic E-state index is -0.424. The molecule has 376 valence electrons. The highest BCUT2D eigenvalue weighted by molar-refractivity contribution is 6.08. The van der Waals surface area contributed by atoms with E-state index < -0.39 is 5.97 Å². The van der Waals surface area contributed by atoms with Gasteiger partial charge in [-0.3, -0.25) is 29.0 Å². The molecule has 0 bridgehead atoms. The van der Waals surface area contributed by atoms with Gasteiger partial charge in [0.1, 0.15) is 5.75 Å². The van der Waals surface area contributed by atoms with Gasteiger partial charge in [0.15, 0.2) is 0 Å². The fraction of sp³-hybridized carbons (Fsp3) is 0.382. The molecule has 1 aromatic heterocycles. The molecule has 0 fully saturated rings. The van der Waals surface area contributed by atoms with Crippen molar-refractivity contribution >= 4 is 41.0 Å². The zero-order valence-corrected chi connectivity index (χ0v) is 41.5. The van der Waals surface area contributed by atoms with E-state index >= 15 is 0 Å². The van der Waals surface area contributed by atoms with Crippen LogP contribution in [0, 0.1) is 0 Å². The van der Waals surface area contributed by atoms with Crippen LogP contribution in [0.2, 0.25) is 0 Å². The third-order valence-electron chi connectivity index (χ3n) is 12.2. The maximum absolute atomic E-state index is 13.9. The minimum absolute atomic E-state index is 0.0747. The first kappa shape index (κ1) is 53.4. The van der Waals surface area contributed by atoms with Crippen LogP contribution < -0.4 is 25.6 Å². The average Bonchev–Trinajstić information content (AvgIpc) is 3.38. The molecular weight excluding hydrogens is 903 g/mol. The Morgan fingerprint density at radius 3 is 2.13 bits per heavy atom. The number of pyridine rings is 1. The van der Waals surface area contributed by atoms with Crippen molar-refractivity contribution in [1.29, 1.82) is 0 Å². The highest BCUT2D eigenvalue weighted by atomic mass is 16.5. The molecule has 1 atom stereocenters. The molecule has 16 nitrogen and oxygen atoms in total. The van der Waals surface area contributed by atoms with Crippen LogP contribution in [0.1, 0.15) is 92.2 Å². The van der Waals surface area contributed by atoms with E-state index in [1.54, 1.807) is 78.8 Å². The number of amides is 4. The van der Waals surface area contributed by atoms with Gasteiger partial charge in [0.2, 0.25) is 0 Å². The van der Waals surface area contributed by atoms with Gasteiger partial charge in [-0.2, -0.15) is 0 Å². The second kappa shape index (κ2) is 27.4. The number of hydrogen-bond donors (Lipinski definition) is 3. The number of hydrogen-bond acceptors (Lipinski definition) is 12. The number of fused-ring (bicyclic) bond motifs is 1. The topological polar surface area (TPSA) is 181 Å². The largest absolute Gasteiger partial charge is 0.427 e. The number of aromatic nitrogens is 1. The summed E-state index contributed by atoms with van der Waals surface area (Å²) in [7, 11) is 3.70. The number of esters is 1. The van der Waals surface area contributed by atoms with Crippen molar-refractivity contribution in [2.24, 2.45) is 0 Å². The van der Waals surface area contributed by atoms with E-state index in [0.29, 0.717) is 111 Å². The Kier molecular flexibility index (Phi) is 20.6. The van der Waals surface area contributed by atoms with Crippen molar-refractivity contribution in [1.82, 2.24) is 25.4 Å². The normalized spacial score (nSPS) is 13.0. The second-order valence-electron chi connectivity index (χ2n) is 17.2. The molecule has 0 radical (unpaired) electrons. The van der Waals surface area contributed by atoms with Gasteiger partial charge in [0.25, 0.3) is 23.6 Å². The smallest absolute Gasteiger partial charge is 0.308 e. The van der Waals surface area contributed by atoms with E-state index in [9.17, 15) is 24.0 Å². The van der Waals surface area contributed by atoms with E-state index in [-0.39, 0.29) is 29.7 Å².